The van der Waals surface area contributed by atoms with Crippen LogP contribution >= 0.6 is 7.52 Å². The van der Waals surface area contributed by atoms with Crippen LogP contribution in [0, 0.1) is 0 Å². The molecule has 0 fully saturated rings. The van der Waals surface area contributed by atoms with Gasteiger partial charge in [0.25, 0.3) is 5.91 Å². The van der Waals surface area contributed by atoms with Gasteiger partial charge in [-0.25, -0.2) is 0 Å². The number of amidine groups is 1. The van der Waals surface area contributed by atoms with Gasteiger partial charge >= 0.3 is 7.52 Å². The van der Waals surface area contributed by atoms with E-state index in [1.165, 1.54) is 11.0 Å². The Morgan fingerprint density at radius 3 is 2.67 bits per heavy atom. The summed E-state index contributed by atoms with van der Waals surface area (Å²) in [6.07, 6.45) is 0. The molecule has 1 amide bonds. The number of rotatable bonds is 1. The predicted octanol–water partition coefficient (Wildman–Crippen LogP) is 0.994. The molecule has 0 radical (unpaired) electrons. The van der Waals surface area contributed by atoms with Crippen LogP contribution in [0.4, 0.5) is 5.69 Å². The first-order valence-corrected chi connectivity index (χ1v) is 7.94. The number of carbonyl (C=O) groups is 1. The number of fused-ring (bicyclic) bond motifs is 1. The van der Waals surface area contributed by atoms with Crippen molar-refractivity contribution in [2.24, 2.45) is 4.76 Å². The molecule has 0 aliphatic carbocycles. The van der Waals surface area contributed by atoms with Crippen LogP contribution in [0.5, 0.6) is 0 Å². The van der Waals surface area contributed by atoms with Crippen LogP contribution in [0.15, 0.2) is 40.4 Å². The molecule has 0 spiro atoms. The number of nitrogens with zero attached hydrogens (tertiary/aromatic N) is 2. The Kier molecular flexibility index (Phi) is 2.93. The first-order chi connectivity index (χ1) is 9.83. The van der Waals surface area contributed by atoms with E-state index in [0.29, 0.717) is 5.69 Å². The van der Waals surface area contributed by atoms with Gasteiger partial charge in [-0.2, -0.15) is 4.76 Å². The van der Waals surface area contributed by atoms with E-state index in [1.54, 1.807) is 32.2 Å². The fourth-order valence-electron chi connectivity index (χ4n) is 2.36. The van der Waals surface area contributed by atoms with Crippen molar-refractivity contribution in [3.8, 4) is 0 Å². The van der Waals surface area contributed by atoms with E-state index in [9.17, 15) is 19.4 Å². The molecule has 110 valence electrons. The lowest BCUT2D eigenvalue weighted by atomic mass is 10.2. The summed E-state index contributed by atoms with van der Waals surface area (Å²) in [6, 6.07) is 5.97. The third kappa shape index (κ3) is 1.97. The largest absolute Gasteiger partial charge is 0.509 e. The molecule has 0 bridgehead atoms. The van der Waals surface area contributed by atoms with Gasteiger partial charge in [-0.1, -0.05) is 12.1 Å². The van der Waals surface area contributed by atoms with Crippen molar-refractivity contribution in [3.05, 3.63) is 35.6 Å². The monoisotopic (exact) mass is 307 g/mol. The van der Waals surface area contributed by atoms with Crippen LogP contribution < -0.4 is 10.6 Å². The van der Waals surface area contributed by atoms with Crippen molar-refractivity contribution in [2.45, 2.75) is 13.0 Å². The van der Waals surface area contributed by atoms with E-state index in [0.717, 1.165) is 0 Å². The highest BCUT2D eigenvalue weighted by atomic mass is 31.2. The lowest BCUT2D eigenvalue weighted by Crippen LogP contribution is -2.32. The van der Waals surface area contributed by atoms with Crippen molar-refractivity contribution in [1.29, 1.82) is 0 Å². The quantitative estimate of drug-likeness (QED) is 0.672. The van der Waals surface area contributed by atoms with Crippen molar-refractivity contribution in [2.75, 3.05) is 12.4 Å². The molecule has 8 heteroatoms. The van der Waals surface area contributed by atoms with E-state index in [2.05, 4.69) is 10.1 Å². The highest BCUT2D eigenvalue weighted by Gasteiger charge is 2.40. The second-order valence-corrected chi connectivity index (χ2v) is 6.76. The summed E-state index contributed by atoms with van der Waals surface area (Å²) in [5.41, 5.74) is 0.345. The normalized spacial score (nSPS) is 28.3. The molecule has 2 heterocycles. The summed E-state index contributed by atoms with van der Waals surface area (Å²) in [4.78, 5) is 23.6. The molecule has 3 N–H and O–H groups in total. The average molecular weight is 307 g/mol. The van der Waals surface area contributed by atoms with E-state index in [4.69, 9.17) is 0 Å². The summed E-state index contributed by atoms with van der Waals surface area (Å²) < 4.78 is 16.1. The number of nitrogens with one attached hydrogen (secondary N) is 1. The molecule has 1 aromatic rings. The molecule has 0 aromatic heterocycles. The molecule has 2 aliphatic heterocycles. The minimum atomic E-state index is -3.97. The zero-order valence-electron chi connectivity index (χ0n) is 11.4. The highest BCUT2D eigenvalue weighted by molar-refractivity contribution is 7.65. The molecular formula is C13H14N3O4P. The van der Waals surface area contributed by atoms with Crippen LogP contribution in [-0.4, -0.2) is 39.7 Å². The zero-order valence-corrected chi connectivity index (χ0v) is 12.3. The van der Waals surface area contributed by atoms with Gasteiger partial charge in [-0.05, 0) is 19.1 Å². The van der Waals surface area contributed by atoms with Gasteiger partial charge in [0.15, 0.2) is 5.84 Å². The van der Waals surface area contributed by atoms with Crippen molar-refractivity contribution in [3.63, 3.8) is 0 Å². The fourth-order valence-corrected chi connectivity index (χ4v) is 3.62. The van der Waals surface area contributed by atoms with Gasteiger partial charge in [0.2, 0.25) is 0 Å². The topological polar surface area (TPSA) is 102 Å². The first-order valence-electron chi connectivity index (χ1n) is 6.33. The number of aliphatic hydroxyl groups excluding tert-OH is 1. The molecule has 0 saturated heterocycles. The summed E-state index contributed by atoms with van der Waals surface area (Å²) in [5.74, 6) is -0.669. The van der Waals surface area contributed by atoms with Crippen molar-refractivity contribution < 1.29 is 19.4 Å². The van der Waals surface area contributed by atoms with Crippen LogP contribution in [0.2, 0.25) is 0 Å². The van der Waals surface area contributed by atoms with Gasteiger partial charge in [-0.15, -0.1) is 0 Å². The minimum absolute atomic E-state index is 0.0613. The van der Waals surface area contributed by atoms with E-state index in [-0.39, 0.29) is 22.5 Å². The molecular weight excluding hydrogens is 293 g/mol. The number of hydrogen-bond donors (Lipinski definition) is 3. The standard InChI is InChI=1S/C13H14N3O4P/c1-7-11(17)10(13(18)16(7)2)12-14-8-5-3-4-6-9(8)21(19,20)15-12/h3-7,17H,1-2H3,(H2,14,15,19,20)/t7-/m0/s1. The smallest absolute Gasteiger partial charge is 0.346 e. The van der Waals surface area contributed by atoms with Crippen LogP contribution in [0.3, 0.4) is 0 Å². The Labute approximate surface area is 121 Å². The number of carbonyl (C=O) groups excluding carboxylic acids is 1. The average Bonchev–Trinajstić information content (AvgIpc) is 2.62. The maximum atomic E-state index is 12.3. The van der Waals surface area contributed by atoms with Gasteiger partial charge < -0.3 is 20.2 Å². The molecule has 2 atom stereocenters. The summed E-state index contributed by atoms with van der Waals surface area (Å²) in [6.45, 7) is 1.66. The molecule has 3 rings (SSSR count). The second kappa shape index (κ2) is 4.44. The minimum Gasteiger partial charge on any atom is -0.509 e. The Morgan fingerprint density at radius 1 is 1.38 bits per heavy atom. The maximum absolute atomic E-state index is 12.3. The number of amides is 1. The van der Waals surface area contributed by atoms with Crippen molar-refractivity contribution in [1.82, 2.24) is 4.90 Å². The Bertz CT molecular complexity index is 756. The summed E-state index contributed by atoms with van der Waals surface area (Å²) >= 11 is 0. The number of aliphatic hydroxyl groups is 1. The lowest BCUT2D eigenvalue weighted by molar-refractivity contribution is -0.125. The number of hydrogen-bond acceptors (Lipinski definition) is 4. The van der Waals surface area contributed by atoms with Gasteiger partial charge in [0, 0.05) is 7.05 Å². The number of para-hydroxylation sites is 1. The summed E-state index contributed by atoms with van der Waals surface area (Å²) in [7, 11) is -2.42. The molecule has 0 saturated carbocycles. The molecule has 7 nitrogen and oxygen atoms in total. The van der Waals surface area contributed by atoms with Crippen molar-refractivity contribution >= 4 is 30.3 Å². The molecule has 21 heavy (non-hydrogen) atoms. The third-order valence-electron chi connectivity index (χ3n) is 3.71. The van der Waals surface area contributed by atoms with Crippen LogP contribution in [-0.2, 0) is 9.36 Å². The third-order valence-corrected chi connectivity index (χ3v) is 5.20. The predicted molar refractivity (Wildman–Crippen MR) is 78.8 cm³/mol. The molecule has 2 aliphatic rings. The molecule has 1 aromatic carbocycles. The Hall–Kier alpha value is -2.11. The van der Waals surface area contributed by atoms with Crippen LogP contribution in [0.1, 0.15) is 6.92 Å². The summed E-state index contributed by atoms with van der Waals surface area (Å²) in [5, 5.41) is 13.1. The fraction of sp³-hybridized carbons (Fsp3) is 0.231. The lowest BCUT2D eigenvalue weighted by Gasteiger charge is -2.21. The van der Waals surface area contributed by atoms with Crippen LogP contribution in [0.25, 0.3) is 0 Å². The van der Waals surface area contributed by atoms with Gasteiger partial charge in [-0.3, -0.25) is 9.36 Å². The number of benzene rings is 1. The van der Waals surface area contributed by atoms with Gasteiger partial charge in [0.1, 0.15) is 11.3 Å². The SMILES string of the molecule is C[C@H]1C(O)=C(C2=NP(=O)(O)c3ccccc3N2)C(=O)N1C. The van der Waals surface area contributed by atoms with E-state index < -0.39 is 19.5 Å². The van der Waals surface area contributed by atoms with E-state index in [1.807, 2.05) is 0 Å². The number of anilines is 1. The maximum Gasteiger partial charge on any atom is 0.346 e. The zero-order chi connectivity index (χ0) is 15.4. The first kappa shape index (κ1) is 13.9. The number of likely N-dealkylation sites (N-methyl/N-ethyl adjacent to an activating group) is 1. The molecule has 1 unspecified atom stereocenters. The van der Waals surface area contributed by atoms with E-state index >= 15 is 0 Å². The highest BCUT2D eigenvalue weighted by Crippen LogP contribution is 2.47. The Balaban J connectivity index is 2.13. The Morgan fingerprint density at radius 2 is 2.05 bits per heavy atom. The second-order valence-electron chi connectivity index (χ2n) is 4.99. The van der Waals surface area contributed by atoms with Gasteiger partial charge in [0.05, 0.1) is 17.0 Å².